The summed E-state index contributed by atoms with van der Waals surface area (Å²) in [6, 6.07) is 4.64. The number of aromatic nitrogens is 2. The molecule has 39 heavy (non-hydrogen) atoms. The van der Waals surface area contributed by atoms with E-state index in [-0.39, 0.29) is 30.2 Å². The quantitative estimate of drug-likeness (QED) is 0.477. The number of carbonyl (C=O) groups excluding carboxylic acids is 3. The van der Waals surface area contributed by atoms with Crippen molar-refractivity contribution in [2.24, 2.45) is 17.6 Å². The number of amides is 3. The van der Waals surface area contributed by atoms with Crippen molar-refractivity contribution in [3.8, 4) is 11.3 Å². The second-order valence-corrected chi connectivity index (χ2v) is 10.4. The van der Waals surface area contributed by atoms with Crippen LogP contribution in [0.2, 0.25) is 5.02 Å². The Morgan fingerprint density at radius 1 is 1.33 bits per heavy atom. The SMILES string of the molecule is CC(=O)N1CCCC(C(C)C(C(N)=O)N2Cc3ccc(-c4nc(NC5=CNOC=C5)ncc4Cl)cc3C2=O)C1. The molecule has 4 heterocycles. The summed E-state index contributed by atoms with van der Waals surface area (Å²) in [6.45, 7) is 5.03. The molecule has 0 aliphatic carbocycles. The fraction of sp³-hybridized carbons (Fsp3) is 0.370. The van der Waals surface area contributed by atoms with Crippen LogP contribution in [0.4, 0.5) is 5.95 Å². The van der Waals surface area contributed by atoms with E-state index in [1.807, 2.05) is 19.1 Å². The molecule has 4 N–H and O–H groups in total. The summed E-state index contributed by atoms with van der Waals surface area (Å²) in [5.41, 5.74) is 11.5. The van der Waals surface area contributed by atoms with Crippen LogP contribution in [0.25, 0.3) is 11.3 Å². The minimum absolute atomic E-state index is 0.0130. The molecular weight excluding hydrogens is 522 g/mol. The highest BCUT2D eigenvalue weighted by atomic mass is 35.5. The number of allylic oxidation sites excluding steroid dienone is 1. The van der Waals surface area contributed by atoms with Crippen molar-refractivity contribution in [1.82, 2.24) is 25.2 Å². The van der Waals surface area contributed by atoms with Gasteiger partial charge in [-0.3, -0.25) is 14.4 Å². The Balaban J connectivity index is 1.38. The van der Waals surface area contributed by atoms with Crippen molar-refractivity contribution < 1.29 is 19.2 Å². The molecule has 12 heteroatoms. The summed E-state index contributed by atoms with van der Waals surface area (Å²) in [4.78, 5) is 55.4. The van der Waals surface area contributed by atoms with E-state index in [0.717, 1.165) is 18.4 Å². The summed E-state index contributed by atoms with van der Waals surface area (Å²) < 4.78 is 0. The van der Waals surface area contributed by atoms with Crippen LogP contribution in [-0.4, -0.2) is 56.6 Å². The van der Waals surface area contributed by atoms with Gasteiger partial charge < -0.3 is 25.7 Å². The maximum Gasteiger partial charge on any atom is 0.255 e. The maximum absolute atomic E-state index is 13.6. The molecule has 1 aromatic carbocycles. The van der Waals surface area contributed by atoms with Gasteiger partial charge in [0.25, 0.3) is 5.91 Å². The molecule has 0 saturated carbocycles. The highest BCUT2D eigenvalue weighted by Gasteiger charge is 2.42. The van der Waals surface area contributed by atoms with Crippen molar-refractivity contribution in [2.75, 3.05) is 18.4 Å². The average molecular weight is 552 g/mol. The van der Waals surface area contributed by atoms with Crippen LogP contribution < -0.4 is 16.5 Å². The van der Waals surface area contributed by atoms with E-state index >= 15 is 0 Å². The Kier molecular flexibility index (Phi) is 7.42. The van der Waals surface area contributed by atoms with Crippen LogP contribution in [0.1, 0.15) is 42.6 Å². The average Bonchev–Trinajstić information content (AvgIpc) is 3.25. The van der Waals surface area contributed by atoms with Gasteiger partial charge in [0.1, 0.15) is 12.3 Å². The number of nitrogens with zero attached hydrogens (tertiary/aromatic N) is 4. The molecule has 3 aliphatic rings. The van der Waals surface area contributed by atoms with Gasteiger partial charge in [-0.1, -0.05) is 30.7 Å². The highest BCUT2D eigenvalue weighted by molar-refractivity contribution is 6.33. The van der Waals surface area contributed by atoms with E-state index in [2.05, 4.69) is 20.8 Å². The normalized spacial score (nSPS) is 19.9. The molecule has 11 nitrogen and oxygen atoms in total. The Bertz CT molecular complexity index is 1380. The number of hydrogen-bond acceptors (Lipinski definition) is 8. The molecule has 2 aromatic rings. The summed E-state index contributed by atoms with van der Waals surface area (Å²) in [7, 11) is 0. The van der Waals surface area contributed by atoms with Crippen molar-refractivity contribution in [3.63, 3.8) is 0 Å². The summed E-state index contributed by atoms with van der Waals surface area (Å²) in [5.74, 6) is -0.640. The minimum atomic E-state index is -0.793. The predicted octanol–water partition coefficient (Wildman–Crippen LogP) is 2.80. The lowest BCUT2D eigenvalue weighted by atomic mass is 9.81. The Labute approximate surface area is 231 Å². The zero-order valence-corrected chi connectivity index (χ0v) is 22.4. The van der Waals surface area contributed by atoms with Crippen LogP contribution >= 0.6 is 11.6 Å². The fourth-order valence-corrected chi connectivity index (χ4v) is 5.70. The molecule has 3 aliphatic heterocycles. The summed E-state index contributed by atoms with van der Waals surface area (Å²) in [5, 5.41) is 3.39. The molecule has 1 fully saturated rings. The Hall–Kier alpha value is -4.12. The molecule has 1 saturated heterocycles. The number of likely N-dealkylation sites (tertiary alicyclic amines) is 1. The van der Waals surface area contributed by atoms with Crippen molar-refractivity contribution in [2.45, 2.75) is 39.3 Å². The number of hydrogen-bond donors (Lipinski definition) is 3. The number of nitrogens with two attached hydrogens (primary N) is 1. The van der Waals surface area contributed by atoms with Gasteiger partial charge in [0.15, 0.2) is 0 Å². The van der Waals surface area contributed by atoms with Gasteiger partial charge in [0, 0.05) is 43.8 Å². The predicted molar refractivity (Wildman–Crippen MR) is 145 cm³/mol. The van der Waals surface area contributed by atoms with Gasteiger partial charge in [-0.2, -0.15) is 0 Å². The largest absolute Gasteiger partial charge is 0.390 e. The lowest BCUT2D eigenvalue weighted by Crippen LogP contribution is -2.53. The maximum atomic E-state index is 13.6. The molecule has 3 unspecified atom stereocenters. The number of nitrogens with one attached hydrogen (secondary N) is 2. The number of carbonyl (C=O) groups is 3. The Morgan fingerprint density at radius 3 is 2.87 bits per heavy atom. The van der Waals surface area contributed by atoms with Gasteiger partial charge in [-0.05, 0) is 36.3 Å². The monoisotopic (exact) mass is 551 g/mol. The minimum Gasteiger partial charge on any atom is -0.390 e. The van der Waals surface area contributed by atoms with Gasteiger partial charge in [-0.25, -0.2) is 15.4 Å². The lowest BCUT2D eigenvalue weighted by molar-refractivity contribution is -0.131. The second kappa shape index (κ2) is 10.9. The molecule has 204 valence electrons. The van der Waals surface area contributed by atoms with Crippen LogP contribution in [0.5, 0.6) is 0 Å². The molecule has 0 bridgehead atoms. The number of halogens is 1. The number of rotatable bonds is 7. The number of primary amides is 1. The molecule has 5 rings (SSSR count). The topological polar surface area (TPSA) is 143 Å². The van der Waals surface area contributed by atoms with E-state index in [0.29, 0.717) is 46.6 Å². The van der Waals surface area contributed by atoms with Gasteiger partial charge in [0.05, 0.1) is 28.8 Å². The molecule has 0 spiro atoms. The van der Waals surface area contributed by atoms with E-state index in [9.17, 15) is 14.4 Å². The number of hydroxylamine groups is 1. The highest BCUT2D eigenvalue weighted by Crippen LogP contribution is 2.35. The van der Waals surface area contributed by atoms with Crippen molar-refractivity contribution in [1.29, 1.82) is 0 Å². The molecule has 1 aromatic heterocycles. The first-order valence-corrected chi connectivity index (χ1v) is 13.2. The third-order valence-corrected chi connectivity index (χ3v) is 7.86. The van der Waals surface area contributed by atoms with Crippen LogP contribution in [0.3, 0.4) is 0 Å². The van der Waals surface area contributed by atoms with Gasteiger partial charge >= 0.3 is 0 Å². The molecular formula is C27H30ClN7O4. The first kappa shape index (κ1) is 26.5. The van der Waals surface area contributed by atoms with Gasteiger partial charge in [-0.15, -0.1) is 0 Å². The van der Waals surface area contributed by atoms with E-state index in [4.69, 9.17) is 22.2 Å². The lowest BCUT2D eigenvalue weighted by Gasteiger charge is -2.40. The van der Waals surface area contributed by atoms with E-state index in [1.165, 1.54) is 12.5 Å². The molecule has 3 atom stereocenters. The number of piperidine rings is 1. The van der Waals surface area contributed by atoms with Crippen LogP contribution in [-0.2, 0) is 21.0 Å². The number of fused-ring (bicyclic) bond motifs is 1. The molecule has 0 radical (unpaired) electrons. The standard InChI is InChI=1S/C27H30ClN7O4/c1-15(18-4-3-8-34(13-18)16(2)36)24(25(29)37)35-14-19-6-5-17(10-21(19)26(35)38)23-22(28)12-30-27(33-23)32-20-7-9-39-31-11-20/h5-7,9-12,15,18,24,31H,3-4,8,13-14H2,1-2H3,(H2,29,37)(H,30,32,33). The fourth-order valence-electron chi connectivity index (χ4n) is 5.50. The van der Waals surface area contributed by atoms with E-state index in [1.54, 1.807) is 35.1 Å². The molecule has 3 amide bonds. The first-order valence-electron chi connectivity index (χ1n) is 12.8. The third-order valence-electron chi connectivity index (χ3n) is 7.59. The zero-order valence-electron chi connectivity index (χ0n) is 21.7. The van der Waals surface area contributed by atoms with Crippen molar-refractivity contribution in [3.05, 3.63) is 64.8 Å². The second-order valence-electron chi connectivity index (χ2n) is 10.0. The summed E-state index contributed by atoms with van der Waals surface area (Å²) >= 11 is 6.44. The van der Waals surface area contributed by atoms with Gasteiger partial charge in [0.2, 0.25) is 17.8 Å². The third kappa shape index (κ3) is 5.40. The Morgan fingerprint density at radius 2 is 2.15 bits per heavy atom. The van der Waals surface area contributed by atoms with E-state index < -0.39 is 11.9 Å². The summed E-state index contributed by atoms with van der Waals surface area (Å²) in [6.07, 6.45) is 8.01. The smallest absolute Gasteiger partial charge is 0.255 e. The first-order chi connectivity index (χ1) is 18.7. The number of benzene rings is 1. The van der Waals surface area contributed by atoms with Crippen molar-refractivity contribution >= 4 is 35.3 Å². The number of anilines is 1. The zero-order chi connectivity index (χ0) is 27.7. The van der Waals surface area contributed by atoms with Crippen LogP contribution in [0, 0.1) is 11.8 Å². The van der Waals surface area contributed by atoms with Crippen LogP contribution in [0.15, 0.2) is 48.6 Å².